The molecule has 1 fully saturated rings. The van der Waals surface area contributed by atoms with Crippen molar-refractivity contribution < 1.29 is 22.7 Å². The van der Waals surface area contributed by atoms with Crippen LogP contribution in [0, 0.1) is 0 Å². The molecule has 140 valence electrons. The van der Waals surface area contributed by atoms with E-state index in [-0.39, 0.29) is 18.7 Å². The maximum absolute atomic E-state index is 13.5. The van der Waals surface area contributed by atoms with E-state index >= 15 is 0 Å². The zero-order valence-corrected chi connectivity index (χ0v) is 14.8. The van der Waals surface area contributed by atoms with Crippen LogP contribution in [-0.4, -0.2) is 35.3 Å². The maximum Gasteiger partial charge on any atom is 0.405 e. The van der Waals surface area contributed by atoms with Crippen LogP contribution in [0.15, 0.2) is 24.3 Å². The first-order valence-corrected chi connectivity index (χ1v) is 8.51. The molecular weight excluding hydrogens is 333 g/mol. The Morgan fingerprint density at radius 1 is 1.28 bits per heavy atom. The van der Waals surface area contributed by atoms with Crippen molar-refractivity contribution in [2.75, 3.05) is 6.61 Å². The summed E-state index contributed by atoms with van der Waals surface area (Å²) in [6, 6.07) is 5.70. The monoisotopic (exact) mass is 358 g/mol. The minimum Gasteiger partial charge on any atom is -0.494 e. The third kappa shape index (κ3) is 5.11. The molecule has 0 aromatic heterocycles. The molecule has 1 N–H and O–H groups in total. The zero-order valence-electron chi connectivity index (χ0n) is 14.8. The highest BCUT2D eigenvalue weighted by molar-refractivity contribution is 5.78. The van der Waals surface area contributed by atoms with Gasteiger partial charge in [0.15, 0.2) is 0 Å². The molecule has 1 aromatic carbocycles. The number of aryl methyl sites for hydroxylation is 1. The maximum atomic E-state index is 13.5. The minimum absolute atomic E-state index is 0.0679. The molecule has 1 amide bonds. The first kappa shape index (κ1) is 19.6. The molecule has 0 spiro atoms. The van der Waals surface area contributed by atoms with Gasteiger partial charge in [-0.3, -0.25) is 10.2 Å². The lowest BCUT2D eigenvalue weighted by atomic mass is 9.97. The van der Waals surface area contributed by atoms with Crippen LogP contribution in [0.3, 0.4) is 0 Å². The average Bonchev–Trinajstić information content (AvgIpc) is 2.76. The van der Waals surface area contributed by atoms with E-state index in [9.17, 15) is 18.0 Å². The Balaban J connectivity index is 1.98. The van der Waals surface area contributed by atoms with Gasteiger partial charge in [0, 0.05) is 12.0 Å². The largest absolute Gasteiger partial charge is 0.494 e. The highest BCUT2D eigenvalue weighted by Crippen LogP contribution is 2.35. The number of benzene rings is 1. The number of amides is 1. The first-order valence-electron chi connectivity index (χ1n) is 8.51. The van der Waals surface area contributed by atoms with Crippen molar-refractivity contribution in [3.05, 3.63) is 29.8 Å². The quantitative estimate of drug-likeness (QED) is 0.805. The van der Waals surface area contributed by atoms with Gasteiger partial charge in [-0.15, -0.1) is 0 Å². The van der Waals surface area contributed by atoms with Crippen LogP contribution in [0.4, 0.5) is 13.2 Å². The normalized spacial score (nSPS) is 18.9. The van der Waals surface area contributed by atoms with Crippen LogP contribution in [-0.2, 0) is 11.2 Å². The number of rotatable bonds is 7. The summed E-state index contributed by atoms with van der Waals surface area (Å²) < 4.78 is 45.8. The minimum atomic E-state index is -4.40. The van der Waals surface area contributed by atoms with Gasteiger partial charge in [0.1, 0.15) is 11.8 Å². The molecule has 0 radical (unpaired) electrons. The highest BCUT2D eigenvalue weighted by Gasteiger charge is 2.51. The average molecular weight is 358 g/mol. The van der Waals surface area contributed by atoms with Gasteiger partial charge in [-0.2, -0.15) is 13.2 Å². The Hall–Kier alpha value is -1.76. The number of ether oxygens (including phenoxy) is 1. The molecule has 0 aliphatic carbocycles. The summed E-state index contributed by atoms with van der Waals surface area (Å²) in [5.74, 6) is 0.381. The van der Waals surface area contributed by atoms with E-state index in [1.54, 1.807) is 13.8 Å². The third-order valence-corrected chi connectivity index (χ3v) is 4.36. The SMILES string of the molecule is CCOc1ccc(CCC[C@H](N2NC(=O)CC2(C)C)C(F)(F)F)cc1. The number of carbonyl (C=O) groups excluding carboxylic acids is 1. The van der Waals surface area contributed by atoms with Gasteiger partial charge in [-0.05, 0) is 57.7 Å². The summed E-state index contributed by atoms with van der Waals surface area (Å²) in [4.78, 5) is 11.5. The molecule has 25 heavy (non-hydrogen) atoms. The number of nitrogens with zero attached hydrogens (tertiary/aromatic N) is 1. The predicted octanol–water partition coefficient (Wildman–Crippen LogP) is 3.85. The molecule has 1 heterocycles. The van der Waals surface area contributed by atoms with Gasteiger partial charge in [0.05, 0.1) is 6.61 Å². The van der Waals surface area contributed by atoms with Crippen LogP contribution in [0.2, 0.25) is 0 Å². The molecule has 0 bridgehead atoms. The number of carbonyl (C=O) groups is 1. The molecule has 0 saturated carbocycles. The van der Waals surface area contributed by atoms with Crippen molar-refractivity contribution in [3.8, 4) is 5.75 Å². The summed E-state index contributed by atoms with van der Waals surface area (Å²) >= 11 is 0. The Kier molecular flexibility index (Phi) is 5.98. The van der Waals surface area contributed by atoms with Crippen molar-refractivity contribution in [3.63, 3.8) is 0 Å². The molecule has 1 aliphatic rings. The van der Waals surface area contributed by atoms with E-state index in [4.69, 9.17) is 4.74 Å². The fourth-order valence-corrected chi connectivity index (χ4v) is 3.16. The third-order valence-electron chi connectivity index (χ3n) is 4.36. The van der Waals surface area contributed by atoms with E-state index in [0.29, 0.717) is 19.4 Å². The van der Waals surface area contributed by atoms with Gasteiger partial charge < -0.3 is 4.74 Å². The molecule has 1 atom stereocenters. The van der Waals surface area contributed by atoms with Crippen molar-refractivity contribution in [1.29, 1.82) is 0 Å². The molecule has 7 heteroatoms. The number of hydrazine groups is 1. The van der Waals surface area contributed by atoms with Crippen LogP contribution < -0.4 is 10.2 Å². The van der Waals surface area contributed by atoms with Crippen LogP contribution in [0.25, 0.3) is 0 Å². The molecule has 2 rings (SSSR count). The Labute approximate surface area is 146 Å². The molecule has 1 aromatic rings. The van der Waals surface area contributed by atoms with Crippen LogP contribution in [0.5, 0.6) is 5.75 Å². The van der Waals surface area contributed by atoms with Gasteiger partial charge in [0.2, 0.25) is 5.91 Å². The van der Waals surface area contributed by atoms with Crippen molar-refractivity contribution in [2.24, 2.45) is 0 Å². The molecule has 4 nitrogen and oxygen atoms in total. The number of halogens is 3. The summed E-state index contributed by atoms with van der Waals surface area (Å²) in [6.07, 6.45) is -3.48. The number of hydrogen-bond acceptors (Lipinski definition) is 3. The van der Waals surface area contributed by atoms with E-state index in [1.165, 1.54) is 0 Å². The first-order chi connectivity index (χ1) is 11.6. The smallest absolute Gasteiger partial charge is 0.405 e. The van der Waals surface area contributed by atoms with Crippen LogP contribution >= 0.6 is 0 Å². The summed E-state index contributed by atoms with van der Waals surface area (Å²) in [7, 11) is 0. The van der Waals surface area contributed by atoms with E-state index in [0.717, 1.165) is 16.3 Å². The second-order valence-electron chi connectivity index (χ2n) is 6.92. The Morgan fingerprint density at radius 3 is 2.40 bits per heavy atom. The van der Waals surface area contributed by atoms with Gasteiger partial charge in [-0.1, -0.05) is 12.1 Å². The molecule has 1 saturated heterocycles. The molecular formula is C18H25F3N2O2. The zero-order chi connectivity index (χ0) is 18.7. The second kappa shape index (κ2) is 7.64. The van der Waals surface area contributed by atoms with Crippen molar-refractivity contribution >= 4 is 5.91 Å². The fraction of sp³-hybridized carbons (Fsp3) is 0.611. The molecule has 0 unspecified atom stereocenters. The summed E-state index contributed by atoms with van der Waals surface area (Å²) in [5, 5.41) is 1.08. The van der Waals surface area contributed by atoms with E-state index in [1.807, 2.05) is 31.2 Å². The van der Waals surface area contributed by atoms with Crippen LogP contribution in [0.1, 0.15) is 45.6 Å². The Morgan fingerprint density at radius 2 is 1.92 bits per heavy atom. The standard InChI is InChI=1S/C18H25F3N2O2/c1-4-25-14-10-8-13(9-11-14)6-5-7-15(18(19,20)21)23-17(2,3)12-16(24)22-23/h8-11,15H,4-7,12H2,1-3H3,(H,22,24)/t15-/m0/s1. The summed E-state index contributed by atoms with van der Waals surface area (Å²) in [6.45, 7) is 5.76. The van der Waals surface area contributed by atoms with Gasteiger partial charge in [-0.25, -0.2) is 5.01 Å². The van der Waals surface area contributed by atoms with E-state index < -0.39 is 17.8 Å². The lowest BCUT2D eigenvalue weighted by Gasteiger charge is -2.37. The van der Waals surface area contributed by atoms with Gasteiger partial charge in [0.25, 0.3) is 0 Å². The number of nitrogens with one attached hydrogen (secondary N) is 1. The highest BCUT2D eigenvalue weighted by atomic mass is 19.4. The lowest BCUT2D eigenvalue weighted by molar-refractivity contribution is -0.202. The fourth-order valence-electron chi connectivity index (χ4n) is 3.16. The Bertz CT molecular complexity index is 585. The lowest BCUT2D eigenvalue weighted by Crippen LogP contribution is -2.56. The van der Waals surface area contributed by atoms with Crippen molar-refractivity contribution in [1.82, 2.24) is 10.4 Å². The van der Waals surface area contributed by atoms with Crippen molar-refractivity contribution in [2.45, 2.75) is 64.2 Å². The topological polar surface area (TPSA) is 41.6 Å². The molecule has 1 aliphatic heterocycles. The summed E-state index contributed by atoms with van der Waals surface area (Å²) in [5.41, 5.74) is 2.49. The predicted molar refractivity (Wildman–Crippen MR) is 89.1 cm³/mol. The second-order valence-corrected chi connectivity index (χ2v) is 6.92. The van der Waals surface area contributed by atoms with Gasteiger partial charge >= 0.3 is 6.18 Å². The van der Waals surface area contributed by atoms with E-state index in [2.05, 4.69) is 5.43 Å². The number of alkyl halides is 3. The number of hydrogen-bond donors (Lipinski definition) is 1.